The number of aromatic hydroxyl groups is 1. The van der Waals surface area contributed by atoms with E-state index in [-0.39, 0.29) is 17.7 Å². The van der Waals surface area contributed by atoms with Crippen molar-refractivity contribution in [2.75, 3.05) is 6.61 Å². The standard InChI is InChI=1S/C14H18ClO3P/c1-3-5-6-7-10-19(17,18-4-2)14-11-12(15)8-9-13(14)16/h8-9,11,16H,3-6H2,1-2H3. The van der Waals surface area contributed by atoms with Gasteiger partial charge in [0.15, 0.2) is 0 Å². The Bertz CT molecular complexity index is 531. The molecule has 1 unspecified atom stereocenters. The summed E-state index contributed by atoms with van der Waals surface area (Å²) in [7, 11) is -3.37. The predicted molar refractivity (Wildman–Crippen MR) is 79.3 cm³/mol. The number of hydrogen-bond acceptors (Lipinski definition) is 3. The SMILES string of the molecule is CCCCC#CP(=O)(OCC)c1cc(Cl)ccc1O. The first-order chi connectivity index (χ1) is 9.03. The van der Waals surface area contributed by atoms with E-state index in [4.69, 9.17) is 16.1 Å². The third-order valence-corrected chi connectivity index (χ3v) is 4.75. The number of unbranched alkanes of at least 4 members (excludes halogenated alkanes) is 2. The van der Waals surface area contributed by atoms with Crippen LogP contribution < -0.4 is 5.30 Å². The van der Waals surface area contributed by atoms with Crippen LogP contribution in [0.25, 0.3) is 0 Å². The van der Waals surface area contributed by atoms with E-state index < -0.39 is 7.37 Å². The van der Waals surface area contributed by atoms with Crippen molar-refractivity contribution in [3.63, 3.8) is 0 Å². The molecule has 0 saturated heterocycles. The van der Waals surface area contributed by atoms with Gasteiger partial charge in [-0.25, -0.2) is 0 Å². The van der Waals surface area contributed by atoms with Crippen molar-refractivity contribution < 1.29 is 14.2 Å². The molecule has 0 amide bonds. The molecule has 0 aliphatic heterocycles. The van der Waals surface area contributed by atoms with Crippen LogP contribution >= 0.6 is 19.0 Å². The van der Waals surface area contributed by atoms with Gasteiger partial charge in [0, 0.05) is 11.4 Å². The van der Waals surface area contributed by atoms with Gasteiger partial charge < -0.3 is 9.63 Å². The Balaban J connectivity index is 3.13. The summed E-state index contributed by atoms with van der Waals surface area (Å²) < 4.78 is 18.0. The molecule has 1 aromatic rings. The summed E-state index contributed by atoms with van der Waals surface area (Å²) in [5, 5.41) is 10.4. The molecule has 0 aliphatic rings. The zero-order chi connectivity index (χ0) is 14.3. The zero-order valence-corrected chi connectivity index (χ0v) is 12.8. The van der Waals surface area contributed by atoms with Crippen molar-refractivity contribution in [3.05, 3.63) is 23.2 Å². The van der Waals surface area contributed by atoms with E-state index in [0.29, 0.717) is 11.4 Å². The number of phenolic OH excluding ortho intramolecular Hbond substituents is 1. The minimum Gasteiger partial charge on any atom is -0.507 e. The molecule has 0 bridgehead atoms. The molecule has 0 saturated carbocycles. The first-order valence-electron chi connectivity index (χ1n) is 6.27. The summed E-state index contributed by atoms with van der Waals surface area (Å²) in [5.41, 5.74) is 2.68. The van der Waals surface area contributed by atoms with Crippen LogP contribution in [-0.2, 0) is 9.09 Å². The van der Waals surface area contributed by atoms with E-state index >= 15 is 0 Å². The van der Waals surface area contributed by atoms with Crippen molar-refractivity contribution in [3.8, 4) is 17.3 Å². The van der Waals surface area contributed by atoms with E-state index in [0.717, 1.165) is 12.8 Å². The maximum Gasteiger partial charge on any atom is 0.306 e. The summed E-state index contributed by atoms with van der Waals surface area (Å²) in [6.45, 7) is 4.06. The molecule has 0 radical (unpaired) electrons. The Morgan fingerprint density at radius 1 is 1.42 bits per heavy atom. The number of halogens is 1. The highest BCUT2D eigenvalue weighted by molar-refractivity contribution is 7.72. The first kappa shape index (κ1) is 16.1. The minimum absolute atomic E-state index is 0.106. The summed E-state index contributed by atoms with van der Waals surface area (Å²) in [6.07, 6.45) is 2.63. The van der Waals surface area contributed by atoms with Crippen LogP contribution in [0.15, 0.2) is 18.2 Å². The number of phenols is 1. The van der Waals surface area contributed by atoms with Crippen LogP contribution in [0.3, 0.4) is 0 Å². The van der Waals surface area contributed by atoms with Gasteiger partial charge in [-0.15, -0.1) is 0 Å². The molecule has 0 fully saturated rings. The molecular weight excluding hydrogens is 283 g/mol. The second-order valence-corrected chi connectivity index (χ2v) is 6.50. The summed E-state index contributed by atoms with van der Waals surface area (Å²) in [6, 6.07) is 4.38. The normalized spacial score (nSPS) is 13.4. The Labute approximate surface area is 119 Å². The van der Waals surface area contributed by atoms with Crippen LogP contribution in [0.1, 0.15) is 33.1 Å². The Morgan fingerprint density at radius 2 is 2.16 bits per heavy atom. The smallest absolute Gasteiger partial charge is 0.306 e. The van der Waals surface area contributed by atoms with E-state index in [2.05, 4.69) is 18.5 Å². The average molecular weight is 301 g/mol. The zero-order valence-electron chi connectivity index (χ0n) is 11.1. The Morgan fingerprint density at radius 3 is 2.79 bits per heavy atom. The van der Waals surface area contributed by atoms with Gasteiger partial charge in [-0.05, 0) is 37.2 Å². The summed E-state index contributed by atoms with van der Waals surface area (Å²) in [5.74, 6) is 2.76. The minimum atomic E-state index is -3.37. The second kappa shape index (κ2) is 7.60. The third kappa shape index (κ3) is 4.58. The monoisotopic (exact) mass is 300 g/mol. The van der Waals surface area contributed by atoms with Crippen molar-refractivity contribution in [2.45, 2.75) is 33.1 Å². The number of hydrogen-bond donors (Lipinski definition) is 1. The molecule has 104 valence electrons. The molecule has 0 aliphatic carbocycles. The second-order valence-electron chi connectivity index (χ2n) is 3.99. The van der Waals surface area contributed by atoms with Gasteiger partial charge >= 0.3 is 7.37 Å². The van der Waals surface area contributed by atoms with Crippen LogP contribution in [-0.4, -0.2) is 11.7 Å². The van der Waals surface area contributed by atoms with Crippen molar-refractivity contribution in [2.24, 2.45) is 0 Å². The fourth-order valence-electron chi connectivity index (χ4n) is 1.50. The summed E-state index contributed by atoms with van der Waals surface area (Å²) >= 11 is 5.87. The topological polar surface area (TPSA) is 46.5 Å². The Kier molecular flexibility index (Phi) is 6.45. The number of rotatable bonds is 5. The molecule has 0 spiro atoms. The quantitative estimate of drug-likeness (QED) is 0.505. The fourth-order valence-corrected chi connectivity index (χ4v) is 3.44. The van der Waals surface area contributed by atoms with Crippen LogP contribution in [0, 0.1) is 11.6 Å². The van der Waals surface area contributed by atoms with Gasteiger partial charge in [-0.2, -0.15) is 0 Å². The third-order valence-electron chi connectivity index (χ3n) is 2.45. The van der Waals surface area contributed by atoms with E-state index in [9.17, 15) is 9.67 Å². The molecule has 5 heteroatoms. The van der Waals surface area contributed by atoms with Crippen LogP contribution in [0.4, 0.5) is 0 Å². The predicted octanol–water partition coefficient (Wildman–Crippen LogP) is 4.14. The highest BCUT2D eigenvalue weighted by atomic mass is 35.5. The molecule has 1 aromatic carbocycles. The van der Waals surface area contributed by atoms with Gasteiger partial charge in [0.1, 0.15) is 5.75 Å². The van der Waals surface area contributed by atoms with E-state index in [1.807, 2.05) is 0 Å². The van der Waals surface area contributed by atoms with Gasteiger partial charge in [0.25, 0.3) is 0 Å². The van der Waals surface area contributed by atoms with E-state index in [1.54, 1.807) is 6.92 Å². The largest absolute Gasteiger partial charge is 0.507 e. The lowest BCUT2D eigenvalue weighted by Gasteiger charge is -2.13. The van der Waals surface area contributed by atoms with Gasteiger partial charge in [-0.1, -0.05) is 30.9 Å². The highest BCUT2D eigenvalue weighted by Crippen LogP contribution is 2.47. The molecule has 0 aromatic heterocycles. The number of benzene rings is 1. The molecule has 1 rings (SSSR count). The van der Waals surface area contributed by atoms with Crippen molar-refractivity contribution in [1.29, 1.82) is 0 Å². The lowest BCUT2D eigenvalue weighted by atomic mass is 10.3. The van der Waals surface area contributed by atoms with Gasteiger partial charge in [0.2, 0.25) is 0 Å². The molecule has 19 heavy (non-hydrogen) atoms. The molecule has 1 N–H and O–H groups in total. The van der Waals surface area contributed by atoms with Crippen LogP contribution in [0.5, 0.6) is 5.75 Å². The lowest BCUT2D eigenvalue weighted by Crippen LogP contribution is -2.07. The Hall–Kier alpha value is -0.940. The van der Waals surface area contributed by atoms with Crippen molar-refractivity contribution >= 4 is 24.3 Å². The molecular formula is C14H18ClO3P. The van der Waals surface area contributed by atoms with Crippen LogP contribution in [0.2, 0.25) is 5.02 Å². The molecule has 1 atom stereocenters. The highest BCUT2D eigenvalue weighted by Gasteiger charge is 2.26. The maximum atomic E-state index is 12.7. The van der Waals surface area contributed by atoms with E-state index in [1.165, 1.54) is 18.2 Å². The van der Waals surface area contributed by atoms with Gasteiger partial charge in [-0.3, -0.25) is 4.57 Å². The lowest BCUT2D eigenvalue weighted by molar-refractivity contribution is 0.347. The average Bonchev–Trinajstić information content (AvgIpc) is 2.38. The first-order valence-corrected chi connectivity index (χ1v) is 8.27. The summed E-state index contributed by atoms with van der Waals surface area (Å²) in [4.78, 5) is 0. The van der Waals surface area contributed by atoms with Gasteiger partial charge in [0.05, 0.1) is 11.9 Å². The van der Waals surface area contributed by atoms with Crippen molar-refractivity contribution in [1.82, 2.24) is 0 Å². The molecule has 3 nitrogen and oxygen atoms in total. The fraction of sp³-hybridized carbons (Fsp3) is 0.429. The molecule has 0 heterocycles. The maximum absolute atomic E-state index is 12.7.